The summed E-state index contributed by atoms with van der Waals surface area (Å²) in [7, 11) is 1.60. The van der Waals surface area contributed by atoms with Gasteiger partial charge in [0.15, 0.2) is 0 Å². The van der Waals surface area contributed by atoms with Crippen LogP contribution in [-0.4, -0.2) is 38.6 Å². The van der Waals surface area contributed by atoms with Gasteiger partial charge in [0.25, 0.3) is 5.91 Å². The van der Waals surface area contributed by atoms with E-state index in [4.69, 9.17) is 11.6 Å². The Kier molecular flexibility index (Phi) is 8.41. The second kappa shape index (κ2) is 11.7. The highest BCUT2D eigenvalue weighted by molar-refractivity contribution is 6.31. The van der Waals surface area contributed by atoms with Gasteiger partial charge in [0, 0.05) is 48.3 Å². The van der Waals surface area contributed by atoms with Crippen molar-refractivity contribution < 1.29 is 19.5 Å². The van der Waals surface area contributed by atoms with Crippen molar-refractivity contribution in [1.29, 1.82) is 0 Å². The second-order valence-corrected chi connectivity index (χ2v) is 9.82. The van der Waals surface area contributed by atoms with E-state index in [1.54, 1.807) is 37.5 Å². The quantitative estimate of drug-likeness (QED) is 0.238. The number of aliphatic hydroxyl groups excluding tert-OH is 1. The molecule has 1 saturated carbocycles. The standard InChI is InChI=1S/C28H29ClFN3O4/c1-33-16-18(7-13-27(33)35)26(32-37)15-23(21-4-2-3-5-24(21)29)17-6-12-22(25(30)14-17)28(36)31-19-8-10-20(34)11-9-19/h2-7,12-14,16,19-20,23,34,37H,8-11,15H2,1H3,(H,31,36)/b32-26+/t19-,20-,23?. The summed E-state index contributed by atoms with van der Waals surface area (Å²) in [6, 6.07) is 14.4. The zero-order valence-electron chi connectivity index (χ0n) is 20.4. The summed E-state index contributed by atoms with van der Waals surface area (Å²) in [6.07, 6.45) is 3.89. The number of oxime groups is 1. The van der Waals surface area contributed by atoms with Crippen LogP contribution in [0.4, 0.5) is 4.39 Å². The van der Waals surface area contributed by atoms with E-state index in [1.807, 2.05) is 12.1 Å². The molecule has 1 amide bonds. The number of amides is 1. The van der Waals surface area contributed by atoms with Crippen molar-refractivity contribution in [3.8, 4) is 0 Å². The van der Waals surface area contributed by atoms with Crippen LogP contribution in [0.5, 0.6) is 0 Å². The highest BCUT2D eigenvalue weighted by atomic mass is 35.5. The molecule has 1 atom stereocenters. The number of nitrogens with one attached hydrogen (secondary N) is 1. The highest BCUT2D eigenvalue weighted by Gasteiger charge is 2.25. The summed E-state index contributed by atoms with van der Waals surface area (Å²) in [5, 5.41) is 26.3. The molecule has 0 spiro atoms. The van der Waals surface area contributed by atoms with Gasteiger partial charge >= 0.3 is 0 Å². The Morgan fingerprint density at radius 1 is 1.16 bits per heavy atom. The Morgan fingerprint density at radius 2 is 1.89 bits per heavy atom. The molecule has 1 unspecified atom stereocenters. The number of nitrogens with zero attached hydrogens (tertiary/aromatic N) is 2. The summed E-state index contributed by atoms with van der Waals surface area (Å²) >= 11 is 6.50. The molecule has 0 aliphatic heterocycles. The fourth-order valence-corrected chi connectivity index (χ4v) is 5.02. The van der Waals surface area contributed by atoms with Crippen LogP contribution in [0.25, 0.3) is 0 Å². The van der Waals surface area contributed by atoms with Gasteiger partial charge in [-0.05, 0) is 61.1 Å². The molecule has 2 aromatic carbocycles. The number of pyridine rings is 1. The van der Waals surface area contributed by atoms with E-state index < -0.39 is 17.6 Å². The van der Waals surface area contributed by atoms with Gasteiger partial charge in [0.1, 0.15) is 5.82 Å². The Labute approximate surface area is 219 Å². The van der Waals surface area contributed by atoms with Crippen LogP contribution in [0, 0.1) is 5.82 Å². The van der Waals surface area contributed by atoms with Gasteiger partial charge in [-0.3, -0.25) is 9.59 Å². The molecule has 37 heavy (non-hydrogen) atoms. The SMILES string of the molecule is Cn1cc(/C(CC(c2ccc(C(=O)N[C@H]3CC[C@H](O)CC3)c(F)c2)c2ccccc2Cl)=N/O)ccc1=O. The van der Waals surface area contributed by atoms with Crippen LogP contribution in [-0.2, 0) is 7.05 Å². The van der Waals surface area contributed by atoms with Crippen LogP contribution in [0.1, 0.15) is 65.1 Å². The average Bonchev–Trinajstić information content (AvgIpc) is 2.88. The first-order valence-electron chi connectivity index (χ1n) is 12.2. The molecule has 1 fully saturated rings. The molecular weight excluding hydrogens is 497 g/mol. The lowest BCUT2D eigenvalue weighted by Gasteiger charge is -2.26. The Morgan fingerprint density at radius 3 is 2.54 bits per heavy atom. The Hall–Kier alpha value is -3.49. The predicted octanol–water partition coefficient (Wildman–Crippen LogP) is 4.61. The molecule has 3 aromatic rings. The monoisotopic (exact) mass is 525 g/mol. The van der Waals surface area contributed by atoms with Crippen molar-refractivity contribution in [3.05, 3.63) is 104 Å². The lowest BCUT2D eigenvalue weighted by Crippen LogP contribution is -2.38. The summed E-state index contributed by atoms with van der Waals surface area (Å²) in [4.78, 5) is 24.6. The number of aromatic nitrogens is 1. The molecule has 3 N–H and O–H groups in total. The van der Waals surface area contributed by atoms with Gasteiger partial charge in [-0.2, -0.15) is 0 Å². The third-order valence-electron chi connectivity index (χ3n) is 6.89. The summed E-state index contributed by atoms with van der Waals surface area (Å²) in [6.45, 7) is 0. The van der Waals surface area contributed by atoms with Crippen LogP contribution in [0.3, 0.4) is 0 Å². The van der Waals surface area contributed by atoms with Crippen LogP contribution < -0.4 is 10.9 Å². The van der Waals surface area contributed by atoms with E-state index in [0.29, 0.717) is 53.1 Å². The molecule has 1 aliphatic rings. The van der Waals surface area contributed by atoms with Crippen LogP contribution >= 0.6 is 11.6 Å². The number of aliphatic hydroxyl groups is 1. The zero-order chi connectivity index (χ0) is 26.5. The number of benzene rings is 2. The molecular formula is C28H29ClFN3O4. The first kappa shape index (κ1) is 26.6. The van der Waals surface area contributed by atoms with Crippen LogP contribution in [0.15, 0.2) is 70.7 Å². The molecule has 1 aliphatic carbocycles. The number of hydrogen-bond acceptors (Lipinski definition) is 5. The van der Waals surface area contributed by atoms with E-state index in [1.165, 1.54) is 22.8 Å². The van der Waals surface area contributed by atoms with Crippen molar-refractivity contribution in [3.63, 3.8) is 0 Å². The molecule has 0 radical (unpaired) electrons. The average molecular weight is 526 g/mol. The second-order valence-electron chi connectivity index (χ2n) is 9.41. The first-order chi connectivity index (χ1) is 17.8. The Balaban J connectivity index is 1.64. The number of aryl methyl sites for hydroxylation is 1. The van der Waals surface area contributed by atoms with E-state index in [0.717, 1.165) is 0 Å². The van der Waals surface area contributed by atoms with Crippen molar-refractivity contribution >= 4 is 23.2 Å². The van der Waals surface area contributed by atoms with Gasteiger partial charge in [0.2, 0.25) is 5.56 Å². The molecule has 1 heterocycles. The summed E-state index contributed by atoms with van der Waals surface area (Å²) in [5.41, 5.74) is 1.81. The molecule has 0 saturated heterocycles. The topological polar surface area (TPSA) is 104 Å². The lowest BCUT2D eigenvalue weighted by atomic mass is 9.85. The van der Waals surface area contributed by atoms with Gasteiger partial charge in [0.05, 0.1) is 17.4 Å². The Bertz CT molecular complexity index is 1370. The maximum atomic E-state index is 15.3. The molecule has 4 rings (SSSR count). The molecule has 194 valence electrons. The first-order valence-corrected chi connectivity index (χ1v) is 12.6. The molecule has 0 bridgehead atoms. The fourth-order valence-electron chi connectivity index (χ4n) is 4.75. The fraction of sp³-hybridized carbons (Fsp3) is 0.321. The maximum absolute atomic E-state index is 15.3. The minimum Gasteiger partial charge on any atom is -0.411 e. The van der Waals surface area contributed by atoms with Crippen molar-refractivity contribution in [2.75, 3.05) is 0 Å². The molecule has 9 heteroatoms. The van der Waals surface area contributed by atoms with Gasteiger partial charge in [-0.25, -0.2) is 4.39 Å². The van der Waals surface area contributed by atoms with E-state index in [2.05, 4.69) is 10.5 Å². The third kappa shape index (κ3) is 6.26. The third-order valence-corrected chi connectivity index (χ3v) is 7.23. The van der Waals surface area contributed by atoms with E-state index in [9.17, 15) is 19.9 Å². The lowest BCUT2D eigenvalue weighted by molar-refractivity contribution is 0.0864. The predicted molar refractivity (Wildman–Crippen MR) is 140 cm³/mol. The number of halogens is 2. The van der Waals surface area contributed by atoms with Gasteiger partial charge in [-0.1, -0.05) is 41.0 Å². The number of carbonyl (C=O) groups is 1. The smallest absolute Gasteiger partial charge is 0.254 e. The summed E-state index contributed by atoms with van der Waals surface area (Å²) < 4.78 is 16.7. The zero-order valence-corrected chi connectivity index (χ0v) is 21.2. The van der Waals surface area contributed by atoms with Gasteiger partial charge < -0.3 is 20.2 Å². The molecule has 7 nitrogen and oxygen atoms in total. The summed E-state index contributed by atoms with van der Waals surface area (Å²) in [5.74, 6) is -1.67. The van der Waals surface area contributed by atoms with Gasteiger partial charge in [-0.15, -0.1) is 0 Å². The number of carbonyl (C=O) groups excluding carboxylic acids is 1. The highest BCUT2D eigenvalue weighted by Crippen LogP contribution is 2.35. The van der Waals surface area contributed by atoms with E-state index >= 15 is 4.39 Å². The maximum Gasteiger partial charge on any atom is 0.254 e. The van der Waals surface area contributed by atoms with E-state index in [-0.39, 0.29) is 29.7 Å². The van der Waals surface area contributed by atoms with Crippen molar-refractivity contribution in [1.82, 2.24) is 9.88 Å². The minimum absolute atomic E-state index is 0.0677. The van der Waals surface area contributed by atoms with Crippen molar-refractivity contribution in [2.45, 2.75) is 50.2 Å². The normalized spacial score (nSPS) is 18.9. The largest absolute Gasteiger partial charge is 0.411 e. The number of hydrogen-bond donors (Lipinski definition) is 3. The number of rotatable bonds is 7. The minimum atomic E-state index is -0.674. The van der Waals surface area contributed by atoms with Crippen LogP contribution in [0.2, 0.25) is 5.02 Å². The van der Waals surface area contributed by atoms with Crippen molar-refractivity contribution in [2.24, 2.45) is 12.2 Å². The molecule has 1 aromatic heterocycles.